The molecule has 3 rings (SSSR count). The van der Waals surface area contributed by atoms with E-state index in [2.05, 4.69) is 33.6 Å². The van der Waals surface area contributed by atoms with Gasteiger partial charge in [-0.05, 0) is 62.2 Å². The van der Waals surface area contributed by atoms with E-state index in [0.29, 0.717) is 29.6 Å². The van der Waals surface area contributed by atoms with Crippen molar-refractivity contribution >= 4 is 23.2 Å². The van der Waals surface area contributed by atoms with Gasteiger partial charge < -0.3 is 15.4 Å². The summed E-state index contributed by atoms with van der Waals surface area (Å²) in [6.07, 6.45) is 0.889. The van der Waals surface area contributed by atoms with Gasteiger partial charge in [0.2, 0.25) is 5.95 Å². The molecular formula is C22H24N4O2. The van der Waals surface area contributed by atoms with Gasteiger partial charge in [0.15, 0.2) is 0 Å². The molecule has 0 atom stereocenters. The number of carbonyl (C=O) groups is 1. The molecule has 0 aliphatic heterocycles. The lowest BCUT2D eigenvalue weighted by atomic mass is 10.1. The molecule has 0 aliphatic carbocycles. The Morgan fingerprint density at radius 3 is 2.50 bits per heavy atom. The van der Waals surface area contributed by atoms with E-state index in [0.717, 1.165) is 23.4 Å². The van der Waals surface area contributed by atoms with Crippen LogP contribution in [0.15, 0.2) is 54.6 Å². The Bertz CT molecular complexity index is 955. The summed E-state index contributed by atoms with van der Waals surface area (Å²) in [6, 6.07) is 16.9. The van der Waals surface area contributed by atoms with Crippen molar-refractivity contribution in [2.24, 2.45) is 0 Å². The first kappa shape index (κ1) is 19.4. The van der Waals surface area contributed by atoms with Crippen molar-refractivity contribution in [3.63, 3.8) is 0 Å². The molecule has 2 aromatic carbocycles. The normalized spacial score (nSPS) is 10.4. The molecule has 0 spiro atoms. The van der Waals surface area contributed by atoms with Crippen molar-refractivity contribution in [2.75, 3.05) is 17.2 Å². The molecule has 144 valence electrons. The lowest BCUT2D eigenvalue weighted by Crippen LogP contribution is -2.15. The number of nitrogens with one attached hydrogen (secondary N) is 2. The van der Waals surface area contributed by atoms with E-state index in [-0.39, 0.29) is 5.91 Å². The average molecular weight is 376 g/mol. The van der Waals surface area contributed by atoms with Gasteiger partial charge in [0.25, 0.3) is 5.91 Å². The highest BCUT2D eigenvalue weighted by atomic mass is 16.5. The number of amides is 1. The van der Waals surface area contributed by atoms with Gasteiger partial charge >= 0.3 is 0 Å². The third kappa shape index (κ3) is 4.85. The summed E-state index contributed by atoms with van der Waals surface area (Å²) in [5, 5.41) is 6.08. The summed E-state index contributed by atoms with van der Waals surface area (Å²) in [7, 11) is 0. The monoisotopic (exact) mass is 376 g/mol. The van der Waals surface area contributed by atoms with Crippen LogP contribution in [0.4, 0.5) is 17.3 Å². The third-order valence-electron chi connectivity index (χ3n) is 4.15. The quantitative estimate of drug-likeness (QED) is 0.623. The van der Waals surface area contributed by atoms with Crippen molar-refractivity contribution in [2.45, 2.75) is 27.2 Å². The lowest BCUT2D eigenvalue weighted by Gasteiger charge is -2.11. The van der Waals surface area contributed by atoms with E-state index in [1.807, 2.05) is 44.2 Å². The molecule has 0 aliphatic rings. The van der Waals surface area contributed by atoms with Crippen LogP contribution < -0.4 is 15.4 Å². The molecule has 2 N–H and O–H groups in total. The van der Waals surface area contributed by atoms with Crippen LogP contribution in [-0.4, -0.2) is 22.5 Å². The predicted molar refractivity (Wildman–Crippen MR) is 111 cm³/mol. The second-order valence-electron chi connectivity index (χ2n) is 6.27. The van der Waals surface area contributed by atoms with Gasteiger partial charge in [-0.2, -0.15) is 0 Å². The highest BCUT2D eigenvalue weighted by Crippen LogP contribution is 2.20. The standard InChI is InChI=1S/C22H24N4O2/c1-4-16-8-6-7-9-19(16)25-22-23-15(3)14-20(26-22)21(27)24-17-10-12-18(13-11-17)28-5-2/h6-14H,4-5H2,1-3H3,(H,24,27)(H,23,25,26). The van der Waals surface area contributed by atoms with Crippen LogP contribution in [0.3, 0.4) is 0 Å². The maximum absolute atomic E-state index is 12.6. The first-order valence-corrected chi connectivity index (χ1v) is 9.34. The van der Waals surface area contributed by atoms with Crippen LogP contribution in [0.5, 0.6) is 5.75 Å². The summed E-state index contributed by atoms with van der Waals surface area (Å²) < 4.78 is 5.42. The number of nitrogens with zero attached hydrogens (tertiary/aromatic N) is 2. The zero-order chi connectivity index (χ0) is 19.9. The molecule has 0 radical (unpaired) electrons. The number of hydrogen-bond donors (Lipinski definition) is 2. The Morgan fingerprint density at radius 2 is 1.79 bits per heavy atom. The number of carbonyl (C=O) groups excluding carboxylic acids is 1. The van der Waals surface area contributed by atoms with Crippen molar-refractivity contribution < 1.29 is 9.53 Å². The van der Waals surface area contributed by atoms with E-state index in [1.165, 1.54) is 0 Å². The number of hydrogen-bond acceptors (Lipinski definition) is 5. The molecule has 0 saturated heterocycles. The molecule has 1 aromatic heterocycles. The van der Waals surface area contributed by atoms with Crippen LogP contribution in [0.1, 0.15) is 35.6 Å². The number of ether oxygens (including phenoxy) is 1. The number of para-hydroxylation sites is 1. The van der Waals surface area contributed by atoms with E-state index < -0.39 is 0 Å². The fourth-order valence-corrected chi connectivity index (χ4v) is 2.81. The minimum atomic E-state index is -0.290. The van der Waals surface area contributed by atoms with Crippen molar-refractivity contribution in [1.29, 1.82) is 0 Å². The Morgan fingerprint density at radius 1 is 1.04 bits per heavy atom. The molecule has 3 aromatic rings. The highest BCUT2D eigenvalue weighted by molar-refractivity contribution is 6.03. The Hall–Kier alpha value is -3.41. The topological polar surface area (TPSA) is 76.1 Å². The SMILES string of the molecule is CCOc1ccc(NC(=O)c2cc(C)nc(Nc3ccccc3CC)n2)cc1. The Labute approximate surface area is 165 Å². The van der Waals surface area contributed by atoms with E-state index in [1.54, 1.807) is 18.2 Å². The number of aryl methyl sites for hydroxylation is 2. The van der Waals surface area contributed by atoms with Gasteiger partial charge in [-0.15, -0.1) is 0 Å². The van der Waals surface area contributed by atoms with Gasteiger partial charge in [-0.25, -0.2) is 9.97 Å². The predicted octanol–water partition coefficient (Wildman–Crippen LogP) is 4.74. The zero-order valence-electron chi connectivity index (χ0n) is 16.3. The van der Waals surface area contributed by atoms with E-state index in [4.69, 9.17) is 4.74 Å². The van der Waals surface area contributed by atoms with Gasteiger partial charge in [0.1, 0.15) is 11.4 Å². The molecule has 0 bridgehead atoms. The van der Waals surface area contributed by atoms with Crippen molar-refractivity contribution in [1.82, 2.24) is 9.97 Å². The highest BCUT2D eigenvalue weighted by Gasteiger charge is 2.12. The minimum absolute atomic E-state index is 0.290. The molecule has 6 heteroatoms. The van der Waals surface area contributed by atoms with E-state index in [9.17, 15) is 4.79 Å². The van der Waals surface area contributed by atoms with Gasteiger partial charge in [-0.1, -0.05) is 25.1 Å². The summed E-state index contributed by atoms with van der Waals surface area (Å²) in [6.45, 7) is 6.46. The fraction of sp³-hybridized carbons (Fsp3) is 0.227. The molecular weight excluding hydrogens is 352 g/mol. The Balaban J connectivity index is 1.77. The third-order valence-corrected chi connectivity index (χ3v) is 4.15. The largest absolute Gasteiger partial charge is 0.494 e. The molecule has 1 heterocycles. The summed E-state index contributed by atoms with van der Waals surface area (Å²) >= 11 is 0. The molecule has 0 saturated carbocycles. The summed E-state index contributed by atoms with van der Waals surface area (Å²) in [5.74, 6) is 0.874. The summed E-state index contributed by atoms with van der Waals surface area (Å²) in [4.78, 5) is 21.4. The van der Waals surface area contributed by atoms with Crippen LogP contribution in [0, 0.1) is 6.92 Å². The minimum Gasteiger partial charge on any atom is -0.494 e. The molecule has 0 unspecified atom stereocenters. The number of anilines is 3. The Kier molecular flexibility index (Phi) is 6.22. The van der Waals surface area contributed by atoms with Gasteiger partial charge in [0.05, 0.1) is 6.61 Å². The average Bonchev–Trinajstić information content (AvgIpc) is 2.69. The number of rotatable bonds is 7. The fourth-order valence-electron chi connectivity index (χ4n) is 2.81. The zero-order valence-corrected chi connectivity index (χ0v) is 16.3. The van der Waals surface area contributed by atoms with Gasteiger partial charge in [0, 0.05) is 17.1 Å². The first-order valence-electron chi connectivity index (χ1n) is 9.34. The molecule has 6 nitrogen and oxygen atoms in total. The number of aromatic nitrogens is 2. The lowest BCUT2D eigenvalue weighted by molar-refractivity contribution is 0.102. The van der Waals surface area contributed by atoms with E-state index >= 15 is 0 Å². The molecule has 28 heavy (non-hydrogen) atoms. The summed E-state index contributed by atoms with van der Waals surface area (Å²) in [5.41, 5.74) is 3.79. The first-order chi connectivity index (χ1) is 13.6. The van der Waals surface area contributed by atoms with Crippen molar-refractivity contribution in [3.8, 4) is 5.75 Å². The smallest absolute Gasteiger partial charge is 0.274 e. The maximum atomic E-state index is 12.6. The second-order valence-corrected chi connectivity index (χ2v) is 6.27. The van der Waals surface area contributed by atoms with Gasteiger partial charge in [-0.3, -0.25) is 4.79 Å². The molecule has 0 fully saturated rings. The molecule has 1 amide bonds. The maximum Gasteiger partial charge on any atom is 0.274 e. The second kappa shape index (κ2) is 8.99. The van der Waals surface area contributed by atoms with Crippen LogP contribution >= 0.6 is 0 Å². The van der Waals surface area contributed by atoms with Crippen LogP contribution in [0.2, 0.25) is 0 Å². The van der Waals surface area contributed by atoms with Crippen LogP contribution in [0.25, 0.3) is 0 Å². The van der Waals surface area contributed by atoms with Crippen LogP contribution in [-0.2, 0) is 6.42 Å². The number of benzene rings is 2. The van der Waals surface area contributed by atoms with Crippen molar-refractivity contribution in [3.05, 3.63) is 71.5 Å².